The number of nitrogens with one attached hydrogen (secondary N) is 2. The summed E-state index contributed by atoms with van der Waals surface area (Å²) < 4.78 is 11.0. The molecular weight excluding hydrogens is 268 g/mol. The average molecular weight is 292 g/mol. The molecule has 0 bridgehead atoms. The predicted octanol–water partition coefficient (Wildman–Crippen LogP) is 1.82. The Hall–Kier alpha value is -1.75. The Morgan fingerprint density at radius 2 is 2.05 bits per heavy atom. The number of hydrogen-bond acceptors (Lipinski definition) is 4. The Morgan fingerprint density at radius 3 is 2.71 bits per heavy atom. The van der Waals surface area contributed by atoms with Gasteiger partial charge in [0.2, 0.25) is 0 Å². The van der Waals surface area contributed by atoms with Gasteiger partial charge < -0.3 is 20.1 Å². The van der Waals surface area contributed by atoms with E-state index in [2.05, 4.69) is 10.6 Å². The predicted molar refractivity (Wildman–Crippen MR) is 82.1 cm³/mol. The number of carbonyl (C=O) groups is 1. The fourth-order valence-electron chi connectivity index (χ4n) is 2.42. The van der Waals surface area contributed by atoms with E-state index in [4.69, 9.17) is 9.47 Å². The van der Waals surface area contributed by atoms with Gasteiger partial charge in [0.25, 0.3) is 5.91 Å². The Bertz CT molecular complexity index is 471. The molecular formula is C16H24N2O3. The van der Waals surface area contributed by atoms with E-state index in [1.54, 1.807) is 18.2 Å². The van der Waals surface area contributed by atoms with Gasteiger partial charge in [-0.15, -0.1) is 0 Å². The van der Waals surface area contributed by atoms with Gasteiger partial charge in [0.15, 0.2) is 11.5 Å². The van der Waals surface area contributed by atoms with Crippen LogP contribution < -0.4 is 20.1 Å². The molecule has 1 fully saturated rings. The van der Waals surface area contributed by atoms with Gasteiger partial charge in [-0.3, -0.25) is 4.79 Å². The number of amides is 1. The van der Waals surface area contributed by atoms with Gasteiger partial charge in [0.05, 0.1) is 13.2 Å². The normalized spacial score (nSPS) is 17.5. The number of ether oxygens (including phenoxy) is 2. The van der Waals surface area contributed by atoms with Gasteiger partial charge in [-0.25, -0.2) is 0 Å². The van der Waals surface area contributed by atoms with Crippen molar-refractivity contribution in [3.05, 3.63) is 23.8 Å². The molecule has 1 heterocycles. The van der Waals surface area contributed by atoms with Crippen LogP contribution in [0.1, 0.15) is 30.6 Å². The summed E-state index contributed by atoms with van der Waals surface area (Å²) >= 11 is 0. The molecule has 5 heteroatoms. The first-order valence-corrected chi connectivity index (χ1v) is 7.63. The molecule has 1 unspecified atom stereocenters. The van der Waals surface area contributed by atoms with E-state index in [1.165, 1.54) is 0 Å². The van der Waals surface area contributed by atoms with Crippen LogP contribution in [0.4, 0.5) is 0 Å². The second-order valence-corrected chi connectivity index (χ2v) is 5.10. The van der Waals surface area contributed by atoms with Crippen LogP contribution in [-0.4, -0.2) is 38.8 Å². The third-order valence-corrected chi connectivity index (χ3v) is 3.52. The SMILES string of the molecule is CCOc1ccc(C(=O)NCC2CCNC2)cc1OCC. The topological polar surface area (TPSA) is 59.6 Å². The highest BCUT2D eigenvalue weighted by Crippen LogP contribution is 2.28. The summed E-state index contributed by atoms with van der Waals surface area (Å²) in [5.41, 5.74) is 0.604. The summed E-state index contributed by atoms with van der Waals surface area (Å²) in [4.78, 5) is 12.2. The lowest BCUT2D eigenvalue weighted by Gasteiger charge is -2.13. The molecule has 1 amide bonds. The van der Waals surface area contributed by atoms with Crippen molar-refractivity contribution < 1.29 is 14.3 Å². The molecule has 1 aliphatic rings. The molecule has 5 nitrogen and oxygen atoms in total. The zero-order chi connectivity index (χ0) is 15.1. The molecule has 0 spiro atoms. The number of rotatable bonds is 7. The Morgan fingerprint density at radius 1 is 1.29 bits per heavy atom. The van der Waals surface area contributed by atoms with Crippen LogP contribution in [0.5, 0.6) is 11.5 Å². The summed E-state index contributed by atoms with van der Waals surface area (Å²) in [6.45, 7) is 7.68. The van der Waals surface area contributed by atoms with E-state index in [-0.39, 0.29) is 5.91 Å². The maximum absolute atomic E-state index is 12.2. The highest BCUT2D eigenvalue weighted by Gasteiger charge is 2.16. The Balaban J connectivity index is 2.00. The van der Waals surface area contributed by atoms with Gasteiger partial charge in [-0.1, -0.05) is 0 Å². The molecule has 0 aromatic heterocycles. The lowest BCUT2D eigenvalue weighted by molar-refractivity contribution is 0.0947. The molecule has 1 aromatic rings. The van der Waals surface area contributed by atoms with Gasteiger partial charge >= 0.3 is 0 Å². The second kappa shape index (κ2) is 7.88. The van der Waals surface area contributed by atoms with Crippen LogP contribution in [0, 0.1) is 5.92 Å². The van der Waals surface area contributed by atoms with Crippen molar-refractivity contribution in [1.29, 1.82) is 0 Å². The van der Waals surface area contributed by atoms with Crippen molar-refractivity contribution in [2.24, 2.45) is 5.92 Å². The van der Waals surface area contributed by atoms with Gasteiger partial charge in [0, 0.05) is 12.1 Å². The lowest BCUT2D eigenvalue weighted by atomic mass is 10.1. The molecule has 116 valence electrons. The van der Waals surface area contributed by atoms with Crippen LogP contribution in [-0.2, 0) is 0 Å². The van der Waals surface area contributed by atoms with Crippen LogP contribution in [0.25, 0.3) is 0 Å². The van der Waals surface area contributed by atoms with E-state index in [0.29, 0.717) is 42.7 Å². The van der Waals surface area contributed by atoms with Crippen LogP contribution in [0.2, 0.25) is 0 Å². The first-order valence-electron chi connectivity index (χ1n) is 7.63. The fourth-order valence-corrected chi connectivity index (χ4v) is 2.42. The highest BCUT2D eigenvalue weighted by molar-refractivity contribution is 5.94. The average Bonchev–Trinajstić information content (AvgIpc) is 3.00. The van der Waals surface area contributed by atoms with E-state index in [1.807, 2.05) is 13.8 Å². The zero-order valence-electron chi connectivity index (χ0n) is 12.8. The maximum Gasteiger partial charge on any atom is 0.251 e. The highest BCUT2D eigenvalue weighted by atomic mass is 16.5. The second-order valence-electron chi connectivity index (χ2n) is 5.10. The van der Waals surface area contributed by atoms with E-state index < -0.39 is 0 Å². The number of carbonyl (C=O) groups excluding carboxylic acids is 1. The van der Waals surface area contributed by atoms with E-state index in [0.717, 1.165) is 19.5 Å². The minimum Gasteiger partial charge on any atom is -0.490 e. The lowest BCUT2D eigenvalue weighted by Crippen LogP contribution is -2.30. The molecule has 0 saturated carbocycles. The maximum atomic E-state index is 12.2. The van der Waals surface area contributed by atoms with Crippen molar-refractivity contribution >= 4 is 5.91 Å². The molecule has 2 rings (SSSR count). The van der Waals surface area contributed by atoms with Crippen LogP contribution >= 0.6 is 0 Å². The molecule has 1 aliphatic heterocycles. The zero-order valence-corrected chi connectivity index (χ0v) is 12.8. The van der Waals surface area contributed by atoms with Gasteiger partial charge in [-0.05, 0) is 57.5 Å². The third kappa shape index (κ3) is 4.36. The van der Waals surface area contributed by atoms with Crippen molar-refractivity contribution in [2.75, 3.05) is 32.8 Å². The minimum absolute atomic E-state index is 0.0640. The first-order chi connectivity index (χ1) is 10.2. The van der Waals surface area contributed by atoms with Gasteiger partial charge in [0.1, 0.15) is 0 Å². The van der Waals surface area contributed by atoms with Crippen molar-refractivity contribution in [3.63, 3.8) is 0 Å². The smallest absolute Gasteiger partial charge is 0.251 e. The van der Waals surface area contributed by atoms with Crippen molar-refractivity contribution in [2.45, 2.75) is 20.3 Å². The van der Waals surface area contributed by atoms with Crippen LogP contribution in [0.15, 0.2) is 18.2 Å². The molecule has 1 atom stereocenters. The monoisotopic (exact) mass is 292 g/mol. The summed E-state index contributed by atoms with van der Waals surface area (Å²) in [5, 5.41) is 6.28. The summed E-state index contributed by atoms with van der Waals surface area (Å²) in [6.07, 6.45) is 1.12. The largest absolute Gasteiger partial charge is 0.490 e. The quantitative estimate of drug-likeness (QED) is 0.805. The van der Waals surface area contributed by atoms with Crippen LogP contribution in [0.3, 0.4) is 0 Å². The molecule has 1 saturated heterocycles. The molecule has 1 aromatic carbocycles. The molecule has 21 heavy (non-hydrogen) atoms. The third-order valence-electron chi connectivity index (χ3n) is 3.52. The van der Waals surface area contributed by atoms with Crippen molar-refractivity contribution in [1.82, 2.24) is 10.6 Å². The van der Waals surface area contributed by atoms with Crippen molar-refractivity contribution in [3.8, 4) is 11.5 Å². The van der Waals surface area contributed by atoms with Gasteiger partial charge in [-0.2, -0.15) is 0 Å². The molecule has 0 aliphatic carbocycles. The summed E-state index contributed by atoms with van der Waals surface area (Å²) in [7, 11) is 0. The van der Waals surface area contributed by atoms with E-state index in [9.17, 15) is 4.79 Å². The Labute approximate surface area is 126 Å². The Kier molecular flexibility index (Phi) is 5.87. The number of benzene rings is 1. The molecule has 0 radical (unpaired) electrons. The summed E-state index contributed by atoms with van der Waals surface area (Å²) in [6, 6.07) is 5.31. The standard InChI is InChI=1S/C16H24N2O3/c1-3-20-14-6-5-13(9-15(14)21-4-2)16(19)18-11-12-7-8-17-10-12/h5-6,9,12,17H,3-4,7-8,10-11H2,1-2H3,(H,18,19). The first kappa shape index (κ1) is 15.6. The fraction of sp³-hybridized carbons (Fsp3) is 0.562. The molecule has 2 N–H and O–H groups in total. The summed E-state index contributed by atoms with van der Waals surface area (Å²) in [5.74, 6) is 1.76. The minimum atomic E-state index is -0.0640. The van der Waals surface area contributed by atoms with E-state index >= 15 is 0 Å². The number of hydrogen-bond donors (Lipinski definition) is 2.